The van der Waals surface area contributed by atoms with E-state index in [1.807, 2.05) is 39.0 Å². The summed E-state index contributed by atoms with van der Waals surface area (Å²) in [5.74, 6) is -0.387. The first kappa shape index (κ1) is 19.4. The average molecular weight is 372 g/mol. The predicted octanol–water partition coefficient (Wildman–Crippen LogP) is 1.97. The molecular formula is C20H28N4O3. The Balaban J connectivity index is 1.46. The van der Waals surface area contributed by atoms with Crippen molar-refractivity contribution in [3.05, 3.63) is 48.2 Å². The number of nitrogens with zero attached hydrogens (tertiary/aromatic N) is 3. The number of hydrazine groups is 1. The lowest BCUT2D eigenvalue weighted by Gasteiger charge is -2.36. The van der Waals surface area contributed by atoms with Crippen LogP contribution in [0.3, 0.4) is 0 Å². The fourth-order valence-electron chi connectivity index (χ4n) is 3.11. The molecule has 1 atom stereocenters. The Morgan fingerprint density at radius 3 is 2.41 bits per heavy atom. The Labute approximate surface area is 160 Å². The summed E-state index contributed by atoms with van der Waals surface area (Å²) in [6, 6.07) is 9.56. The second-order valence-electron chi connectivity index (χ2n) is 7.88. The van der Waals surface area contributed by atoms with E-state index in [0.717, 1.165) is 19.6 Å². The van der Waals surface area contributed by atoms with Crippen LogP contribution in [0.1, 0.15) is 26.3 Å². The summed E-state index contributed by atoms with van der Waals surface area (Å²) in [5.41, 5.74) is 3.63. The van der Waals surface area contributed by atoms with Crippen molar-refractivity contribution in [3.63, 3.8) is 0 Å². The number of benzene rings is 1. The van der Waals surface area contributed by atoms with Crippen LogP contribution in [-0.4, -0.2) is 64.6 Å². The van der Waals surface area contributed by atoms with Gasteiger partial charge in [-0.2, -0.15) is 0 Å². The van der Waals surface area contributed by atoms with E-state index in [0.29, 0.717) is 13.1 Å². The highest BCUT2D eigenvalue weighted by atomic mass is 16.6. The van der Waals surface area contributed by atoms with E-state index in [1.165, 1.54) is 10.6 Å². The number of rotatable bonds is 3. The Bertz CT molecular complexity index is 691. The third-order valence-electron chi connectivity index (χ3n) is 4.46. The molecule has 0 radical (unpaired) electrons. The summed E-state index contributed by atoms with van der Waals surface area (Å²) in [4.78, 5) is 29.0. The van der Waals surface area contributed by atoms with Crippen molar-refractivity contribution in [1.29, 1.82) is 0 Å². The molecule has 3 rings (SSSR count). The van der Waals surface area contributed by atoms with Gasteiger partial charge in [-0.3, -0.25) is 4.90 Å². The zero-order chi connectivity index (χ0) is 19.4. The third kappa shape index (κ3) is 5.30. The number of amides is 2. The van der Waals surface area contributed by atoms with Crippen LogP contribution >= 0.6 is 0 Å². The van der Waals surface area contributed by atoms with Crippen molar-refractivity contribution >= 4 is 12.0 Å². The van der Waals surface area contributed by atoms with E-state index in [1.54, 1.807) is 17.2 Å². The van der Waals surface area contributed by atoms with Gasteiger partial charge in [-0.25, -0.2) is 20.0 Å². The van der Waals surface area contributed by atoms with Crippen LogP contribution in [0.15, 0.2) is 42.6 Å². The van der Waals surface area contributed by atoms with Crippen LogP contribution in [0.25, 0.3) is 0 Å². The molecule has 1 N–H and O–H groups in total. The monoisotopic (exact) mass is 372 g/mol. The zero-order valence-electron chi connectivity index (χ0n) is 16.2. The highest BCUT2D eigenvalue weighted by molar-refractivity contribution is 5.82. The number of hydrogen-bond donors (Lipinski definition) is 1. The van der Waals surface area contributed by atoms with Gasteiger partial charge in [0.2, 0.25) is 0 Å². The summed E-state index contributed by atoms with van der Waals surface area (Å²) < 4.78 is 5.35. The molecule has 1 aromatic carbocycles. The second kappa shape index (κ2) is 8.10. The van der Waals surface area contributed by atoms with Crippen LogP contribution in [0.4, 0.5) is 4.79 Å². The van der Waals surface area contributed by atoms with E-state index < -0.39 is 11.6 Å². The standard InChI is InChI=1S/C20H28N4O3/c1-20(2,3)27-18(25)17-9-10-24(21-17)19(26)23-13-11-22(12-14-23)15-16-7-5-4-6-8-16/h4-10,17,21H,11-15H2,1-3H3. The molecule has 0 saturated carbocycles. The van der Waals surface area contributed by atoms with E-state index in [2.05, 4.69) is 22.5 Å². The Hall–Kier alpha value is -2.38. The number of carbonyl (C=O) groups excluding carboxylic acids is 2. The van der Waals surface area contributed by atoms with Gasteiger partial charge in [0.1, 0.15) is 11.6 Å². The normalized spacial score (nSPS) is 20.8. The quantitative estimate of drug-likeness (QED) is 0.822. The van der Waals surface area contributed by atoms with E-state index >= 15 is 0 Å². The van der Waals surface area contributed by atoms with Gasteiger partial charge >= 0.3 is 12.0 Å². The van der Waals surface area contributed by atoms with Gasteiger partial charge in [0.05, 0.1) is 0 Å². The molecule has 2 heterocycles. The zero-order valence-corrected chi connectivity index (χ0v) is 16.2. The molecule has 146 valence electrons. The Kier molecular flexibility index (Phi) is 5.82. The van der Waals surface area contributed by atoms with Crippen molar-refractivity contribution in [2.24, 2.45) is 0 Å². The molecule has 1 saturated heterocycles. The van der Waals surface area contributed by atoms with Crippen molar-refractivity contribution in [1.82, 2.24) is 20.2 Å². The molecular weight excluding hydrogens is 344 g/mol. The lowest BCUT2D eigenvalue weighted by Crippen LogP contribution is -2.54. The highest BCUT2D eigenvalue weighted by Gasteiger charge is 2.32. The first-order valence-electron chi connectivity index (χ1n) is 9.33. The lowest BCUT2D eigenvalue weighted by atomic mass is 10.2. The molecule has 2 aliphatic rings. The molecule has 0 aromatic heterocycles. The van der Waals surface area contributed by atoms with Gasteiger partial charge in [-0.05, 0) is 32.4 Å². The first-order valence-corrected chi connectivity index (χ1v) is 9.33. The second-order valence-corrected chi connectivity index (χ2v) is 7.88. The maximum Gasteiger partial charge on any atom is 0.338 e. The van der Waals surface area contributed by atoms with Gasteiger partial charge in [-0.15, -0.1) is 0 Å². The summed E-state index contributed by atoms with van der Waals surface area (Å²) in [6.07, 6.45) is 3.25. The number of hydrogen-bond acceptors (Lipinski definition) is 5. The van der Waals surface area contributed by atoms with Crippen molar-refractivity contribution < 1.29 is 14.3 Å². The van der Waals surface area contributed by atoms with Gasteiger partial charge in [0.15, 0.2) is 0 Å². The van der Waals surface area contributed by atoms with Crippen LogP contribution < -0.4 is 5.43 Å². The van der Waals surface area contributed by atoms with Crippen molar-refractivity contribution in [2.45, 2.75) is 39.0 Å². The van der Waals surface area contributed by atoms with E-state index in [4.69, 9.17) is 4.74 Å². The SMILES string of the molecule is CC(C)(C)OC(=O)C1C=CN(C(=O)N2CCN(Cc3ccccc3)CC2)N1. The summed E-state index contributed by atoms with van der Waals surface area (Å²) in [5, 5.41) is 1.38. The molecule has 0 spiro atoms. The van der Waals surface area contributed by atoms with E-state index in [9.17, 15) is 9.59 Å². The third-order valence-corrected chi connectivity index (χ3v) is 4.46. The summed E-state index contributed by atoms with van der Waals surface area (Å²) in [6.45, 7) is 9.33. The fraction of sp³-hybridized carbons (Fsp3) is 0.500. The number of ether oxygens (including phenoxy) is 1. The molecule has 27 heavy (non-hydrogen) atoms. The lowest BCUT2D eigenvalue weighted by molar-refractivity contribution is -0.156. The van der Waals surface area contributed by atoms with Crippen LogP contribution in [0, 0.1) is 0 Å². The molecule has 1 unspecified atom stereocenters. The number of nitrogens with one attached hydrogen (secondary N) is 1. The highest BCUT2D eigenvalue weighted by Crippen LogP contribution is 2.14. The summed E-state index contributed by atoms with van der Waals surface area (Å²) in [7, 11) is 0. The Morgan fingerprint density at radius 1 is 1.11 bits per heavy atom. The minimum absolute atomic E-state index is 0.142. The number of urea groups is 1. The molecule has 7 nitrogen and oxygen atoms in total. The first-order chi connectivity index (χ1) is 12.8. The number of piperazine rings is 1. The molecule has 7 heteroatoms. The molecule has 0 aliphatic carbocycles. The minimum atomic E-state index is -0.632. The van der Waals surface area contributed by atoms with Gasteiger partial charge in [-0.1, -0.05) is 30.3 Å². The van der Waals surface area contributed by atoms with Crippen LogP contribution in [-0.2, 0) is 16.1 Å². The maximum atomic E-state index is 12.7. The van der Waals surface area contributed by atoms with Gasteiger partial charge in [0, 0.05) is 38.9 Å². The number of carbonyl (C=O) groups is 2. The molecule has 2 aliphatic heterocycles. The minimum Gasteiger partial charge on any atom is -0.459 e. The summed E-state index contributed by atoms with van der Waals surface area (Å²) >= 11 is 0. The van der Waals surface area contributed by atoms with E-state index in [-0.39, 0.29) is 12.0 Å². The molecule has 1 aromatic rings. The van der Waals surface area contributed by atoms with Crippen LogP contribution in [0.2, 0.25) is 0 Å². The molecule has 0 bridgehead atoms. The van der Waals surface area contributed by atoms with Crippen molar-refractivity contribution in [3.8, 4) is 0 Å². The largest absolute Gasteiger partial charge is 0.459 e. The Morgan fingerprint density at radius 2 is 1.78 bits per heavy atom. The maximum absolute atomic E-state index is 12.7. The molecule has 2 amide bonds. The smallest absolute Gasteiger partial charge is 0.338 e. The number of esters is 1. The van der Waals surface area contributed by atoms with Gasteiger partial charge in [0.25, 0.3) is 0 Å². The van der Waals surface area contributed by atoms with Crippen LogP contribution in [0.5, 0.6) is 0 Å². The fourth-order valence-corrected chi connectivity index (χ4v) is 3.11. The topological polar surface area (TPSA) is 65.1 Å². The van der Waals surface area contributed by atoms with Gasteiger partial charge < -0.3 is 9.64 Å². The predicted molar refractivity (Wildman–Crippen MR) is 102 cm³/mol. The molecule has 1 fully saturated rings. The average Bonchev–Trinajstić information content (AvgIpc) is 3.12. The van der Waals surface area contributed by atoms with Crippen molar-refractivity contribution in [2.75, 3.05) is 26.2 Å².